The van der Waals surface area contributed by atoms with Crippen LogP contribution in [0.5, 0.6) is 0 Å². The molecule has 2 aromatic heterocycles. The van der Waals surface area contributed by atoms with Crippen molar-refractivity contribution < 1.29 is 0 Å². The van der Waals surface area contributed by atoms with Gasteiger partial charge in [-0.2, -0.15) is 0 Å². The highest BCUT2D eigenvalue weighted by molar-refractivity contribution is 7.15. The fraction of sp³-hybridized carbons (Fsp3) is 0.444. The van der Waals surface area contributed by atoms with Crippen LogP contribution < -0.4 is 5.32 Å². The van der Waals surface area contributed by atoms with Crippen LogP contribution in [0, 0.1) is 0 Å². The molecule has 4 heteroatoms. The molecule has 1 N–H and O–H groups in total. The highest BCUT2D eigenvalue weighted by Crippen LogP contribution is 2.12. The Morgan fingerprint density at radius 2 is 2.54 bits per heavy atom. The first-order valence-electron chi connectivity index (χ1n) is 4.46. The molecule has 0 atom stereocenters. The zero-order valence-corrected chi connectivity index (χ0v) is 8.47. The lowest BCUT2D eigenvalue weighted by atomic mass is 10.2. The molecule has 0 aromatic carbocycles. The number of thiazole rings is 1. The lowest BCUT2D eigenvalue weighted by Crippen LogP contribution is -2.08. The fourth-order valence-electron chi connectivity index (χ4n) is 1.34. The summed E-state index contributed by atoms with van der Waals surface area (Å²) in [6, 6.07) is 0. The van der Waals surface area contributed by atoms with Crippen LogP contribution in [0.3, 0.4) is 0 Å². The molecular formula is C9H13N3S. The Bertz CT molecular complexity index is 348. The maximum atomic E-state index is 4.50. The van der Waals surface area contributed by atoms with Gasteiger partial charge in [0, 0.05) is 17.8 Å². The molecule has 70 valence electrons. The molecule has 0 aliphatic heterocycles. The Morgan fingerprint density at radius 1 is 1.62 bits per heavy atom. The van der Waals surface area contributed by atoms with E-state index in [9.17, 15) is 0 Å². The fourth-order valence-corrected chi connectivity index (χ4v) is 2.06. The van der Waals surface area contributed by atoms with Crippen molar-refractivity contribution in [1.29, 1.82) is 0 Å². The van der Waals surface area contributed by atoms with Crippen molar-refractivity contribution in [2.24, 2.45) is 0 Å². The predicted molar refractivity (Wildman–Crippen MR) is 55.3 cm³/mol. The predicted octanol–water partition coefficient (Wildman–Crippen LogP) is 1.55. The Kier molecular flexibility index (Phi) is 2.61. The van der Waals surface area contributed by atoms with Gasteiger partial charge in [0.05, 0.1) is 5.69 Å². The molecule has 0 aliphatic carbocycles. The second kappa shape index (κ2) is 3.89. The van der Waals surface area contributed by atoms with Crippen LogP contribution in [0.25, 0.3) is 4.96 Å². The van der Waals surface area contributed by atoms with Crippen LogP contribution >= 0.6 is 11.3 Å². The van der Waals surface area contributed by atoms with E-state index in [1.54, 1.807) is 11.3 Å². The van der Waals surface area contributed by atoms with Gasteiger partial charge in [-0.1, -0.05) is 0 Å². The maximum absolute atomic E-state index is 4.50. The molecule has 0 spiro atoms. The minimum atomic E-state index is 1.06. The summed E-state index contributed by atoms with van der Waals surface area (Å²) in [5, 5.41) is 5.19. The molecule has 13 heavy (non-hydrogen) atoms. The highest BCUT2D eigenvalue weighted by Gasteiger charge is 2.00. The van der Waals surface area contributed by atoms with Gasteiger partial charge in [-0.25, -0.2) is 4.98 Å². The summed E-state index contributed by atoms with van der Waals surface area (Å²) < 4.78 is 2.08. The van der Waals surface area contributed by atoms with Gasteiger partial charge >= 0.3 is 0 Å². The summed E-state index contributed by atoms with van der Waals surface area (Å²) >= 11 is 1.68. The Labute approximate surface area is 81.4 Å². The lowest BCUT2D eigenvalue weighted by Gasteiger charge is -1.94. The van der Waals surface area contributed by atoms with Gasteiger partial charge in [-0.05, 0) is 26.4 Å². The van der Waals surface area contributed by atoms with Gasteiger partial charge in [0.25, 0.3) is 0 Å². The molecular weight excluding hydrogens is 182 g/mol. The first-order valence-corrected chi connectivity index (χ1v) is 5.34. The zero-order valence-electron chi connectivity index (χ0n) is 7.66. The van der Waals surface area contributed by atoms with Gasteiger partial charge in [0.1, 0.15) is 0 Å². The minimum Gasteiger partial charge on any atom is -0.320 e. The van der Waals surface area contributed by atoms with Crippen LogP contribution in [-0.4, -0.2) is 23.0 Å². The quantitative estimate of drug-likeness (QED) is 0.750. The van der Waals surface area contributed by atoms with Crippen LogP contribution in [0.4, 0.5) is 0 Å². The van der Waals surface area contributed by atoms with Crippen molar-refractivity contribution in [3.8, 4) is 0 Å². The zero-order chi connectivity index (χ0) is 9.10. The van der Waals surface area contributed by atoms with Gasteiger partial charge < -0.3 is 5.32 Å². The molecule has 2 heterocycles. The molecule has 0 saturated carbocycles. The van der Waals surface area contributed by atoms with Crippen LogP contribution in [0.1, 0.15) is 12.1 Å². The van der Waals surface area contributed by atoms with Crippen molar-refractivity contribution in [3.05, 3.63) is 23.5 Å². The van der Waals surface area contributed by atoms with Gasteiger partial charge in [-0.15, -0.1) is 11.3 Å². The number of aromatic nitrogens is 2. The first kappa shape index (κ1) is 8.72. The summed E-state index contributed by atoms with van der Waals surface area (Å²) in [6.45, 7) is 1.06. The molecule has 2 aromatic rings. The molecule has 0 saturated heterocycles. The van der Waals surface area contributed by atoms with E-state index in [1.807, 2.05) is 7.05 Å². The molecule has 2 rings (SSSR count). The van der Waals surface area contributed by atoms with E-state index in [4.69, 9.17) is 0 Å². The van der Waals surface area contributed by atoms with Crippen LogP contribution in [-0.2, 0) is 6.42 Å². The summed E-state index contributed by atoms with van der Waals surface area (Å²) in [6.07, 6.45) is 6.38. The number of aryl methyl sites for hydroxylation is 1. The van der Waals surface area contributed by atoms with Crippen molar-refractivity contribution in [2.45, 2.75) is 12.8 Å². The molecule has 3 nitrogen and oxygen atoms in total. The number of hydrogen-bond donors (Lipinski definition) is 1. The minimum absolute atomic E-state index is 1.06. The number of fused-ring (bicyclic) bond motifs is 1. The molecule has 0 radical (unpaired) electrons. The third-order valence-electron chi connectivity index (χ3n) is 2.00. The average Bonchev–Trinajstić information content (AvgIpc) is 2.64. The molecule has 0 fully saturated rings. The van der Waals surface area contributed by atoms with E-state index in [1.165, 1.54) is 5.69 Å². The van der Waals surface area contributed by atoms with E-state index in [2.05, 4.69) is 32.5 Å². The average molecular weight is 195 g/mol. The number of nitrogens with one attached hydrogen (secondary N) is 1. The molecule has 0 aliphatic rings. The van der Waals surface area contributed by atoms with E-state index in [0.29, 0.717) is 0 Å². The second-order valence-corrected chi connectivity index (χ2v) is 3.91. The largest absolute Gasteiger partial charge is 0.320 e. The third kappa shape index (κ3) is 1.89. The van der Waals surface area contributed by atoms with Crippen LogP contribution in [0.2, 0.25) is 0 Å². The normalized spacial score (nSPS) is 11.2. The number of rotatable bonds is 4. The van der Waals surface area contributed by atoms with Crippen molar-refractivity contribution in [1.82, 2.24) is 14.7 Å². The second-order valence-electron chi connectivity index (χ2n) is 3.03. The Hall–Kier alpha value is -0.870. The van der Waals surface area contributed by atoms with E-state index >= 15 is 0 Å². The SMILES string of the molecule is CNCCCc1cn2ccsc2n1. The van der Waals surface area contributed by atoms with Gasteiger partial charge in [0.2, 0.25) is 0 Å². The maximum Gasteiger partial charge on any atom is 0.193 e. The summed E-state index contributed by atoms with van der Waals surface area (Å²) in [7, 11) is 1.98. The molecule has 0 amide bonds. The molecule has 0 bridgehead atoms. The number of hydrogen-bond acceptors (Lipinski definition) is 3. The van der Waals surface area contributed by atoms with Crippen molar-refractivity contribution >= 4 is 16.3 Å². The lowest BCUT2D eigenvalue weighted by molar-refractivity contribution is 0.718. The van der Waals surface area contributed by atoms with Gasteiger partial charge in [0.15, 0.2) is 4.96 Å². The summed E-state index contributed by atoms with van der Waals surface area (Å²) in [5.74, 6) is 0. The highest BCUT2D eigenvalue weighted by atomic mass is 32.1. The van der Waals surface area contributed by atoms with Crippen molar-refractivity contribution in [3.63, 3.8) is 0 Å². The topological polar surface area (TPSA) is 29.3 Å². The van der Waals surface area contributed by atoms with Crippen molar-refractivity contribution in [2.75, 3.05) is 13.6 Å². The van der Waals surface area contributed by atoms with E-state index in [-0.39, 0.29) is 0 Å². The molecule has 0 unspecified atom stereocenters. The Morgan fingerprint density at radius 3 is 3.31 bits per heavy atom. The number of nitrogens with zero attached hydrogens (tertiary/aromatic N) is 2. The summed E-state index contributed by atoms with van der Waals surface area (Å²) in [4.78, 5) is 5.59. The summed E-state index contributed by atoms with van der Waals surface area (Å²) in [5.41, 5.74) is 1.20. The standard InChI is InChI=1S/C9H13N3S/c1-10-4-2-3-8-7-12-5-6-13-9(12)11-8/h5-7,10H,2-4H2,1H3. The smallest absolute Gasteiger partial charge is 0.193 e. The van der Waals surface area contributed by atoms with E-state index in [0.717, 1.165) is 24.3 Å². The van der Waals surface area contributed by atoms with Gasteiger partial charge in [-0.3, -0.25) is 4.40 Å². The van der Waals surface area contributed by atoms with Crippen LogP contribution in [0.15, 0.2) is 17.8 Å². The third-order valence-corrected chi connectivity index (χ3v) is 2.77. The van der Waals surface area contributed by atoms with E-state index < -0.39 is 0 Å². The Balaban J connectivity index is 2.03. The monoisotopic (exact) mass is 195 g/mol. The first-order chi connectivity index (χ1) is 6.40. The number of imidazole rings is 1.